The van der Waals surface area contributed by atoms with Gasteiger partial charge in [0.05, 0.1) is 8.07 Å². The first-order valence-corrected chi connectivity index (χ1v) is 13.2. The Labute approximate surface area is 193 Å². The Morgan fingerprint density at radius 3 is 2.28 bits per heavy atom. The third-order valence-corrected chi connectivity index (χ3v) is 10.6. The maximum atomic E-state index is 2.51. The number of para-hydroxylation sites is 1. The molecule has 3 heterocycles. The van der Waals surface area contributed by atoms with Crippen molar-refractivity contribution in [1.29, 1.82) is 0 Å². The fourth-order valence-electron chi connectivity index (χ4n) is 5.43. The van der Waals surface area contributed by atoms with E-state index in [1.807, 2.05) is 0 Å². The van der Waals surface area contributed by atoms with Crippen molar-refractivity contribution in [1.82, 2.24) is 4.57 Å². The molecule has 144 valence electrons. The predicted molar refractivity (Wildman–Crippen MR) is 123 cm³/mol. The maximum absolute atomic E-state index is 2.51. The van der Waals surface area contributed by atoms with Gasteiger partial charge in [0.2, 0.25) is 0 Å². The van der Waals surface area contributed by atoms with Gasteiger partial charge >= 0.3 is 0 Å². The number of fused-ring (bicyclic) bond motifs is 1. The van der Waals surface area contributed by atoms with Crippen molar-refractivity contribution >= 4 is 24.0 Å². The second-order valence-electron chi connectivity index (χ2n) is 8.70. The van der Waals surface area contributed by atoms with Crippen LogP contribution in [0.1, 0.15) is 29.3 Å². The third kappa shape index (κ3) is 3.10. The molecule has 0 saturated heterocycles. The van der Waals surface area contributed by atoms with Crippen LogP contribution < -0.4 is 0 Å². The van der Waals surface area contributed by atoms with E-state index < -0.39 is 8.07 Å². The molecule has 29 heavy (non-hydrogen) atoms. The molecule has 1 aliphatic carbocycles. The number of aryl methyl sites for hydroxylation is 1. The number of allylic oxidation sites excluding steroid dienone is 1. The molecule has 2 aliphatic heterocycles. The topological polar surface area (TPSA) is 4.93 Å². The van der Waals surface area contributed by atoms with Crippen LogP contribution in [0.15, 0.2) is 84.6 Å². The SMILES string of the molecule is CC1=C2c3c(ccn3-c3ccccc3)C1[Si]2(C)C.Cc1cc2ccccc2[cH-]1.[Zr]. The smallest absolute Gasteiger partial charge is 0.0950 e. The van der Waals surface area contributed by atoms with Crippen LogP contribution in [0.4, 0.5) is 0 Å². The predicted octanol–water partition coefficient (Wildman–Crippen LogP) is 7.01. The van der Waals surface area contributed by atoms with E-state index in [0.717, 1.165) is 5.54 Å². The van der Waals surface area contributed by atoms with Gasteiger partial charge in [0.1, 0.15) is 0 Å². The Bertz CT molecular complexity index is 1180. The van der Waals surface area contributed by atoms with E-state index in [-0.39, 0.29) is 26.2 Å². The Morgan fingerprint density at radius 2 is 1.59 bits per heavy atom. The van der Waals surface area contributed by atoms with Crippen LogP contribution in [0.5, 0.6) is 0 Å². The second-order valence-corrected chi connectivity index (χ2v) is 13.2. The van der Waals surface area contributed by atoms with Crippen LogP contribution in [-0.4, -0.2) is 12.6 Å². The van der Waals surface area contributed by atoms with Crippen LogP contribution in [0.3, 0.4) is 0 Å². The number of nitrogens with zero attached hydrogens (tertiary/aromatic N) is 1. The summed E-state index contributed by atoms with van der Waals surface area (Å²) in [6, 6.07) is 25.9. The van der Waals surface area contributed by atoms with Crippen molar-refractivity contribution in [2.75, 3.05) is 0 Å². The van der Waals surface area contributed by atoms with Crippen LogP contribution in [0, 0.1) is 6.92 Å². The van der Waals surface area contributed by atoms with E-state index >= 15 is 0 Å². The van der Waals surface area contributed by atoms with Crippen molar-refractivity contribution < 1.29 is 26.2 Å². The summed E-state index contributed by atoms with van der Waals surface area (Å²) in [5, 5.41) is 4.40. The Balaban J connectivity index is 0.000000159. The molecule has 0 fully saturated rings. The van der Waals surface area contributed by atoms with E-state index in [1.54, 1.807) is 16.3 Å². The van der Waals surface area contributed by atoms with Gasteiger partial charge in [-0.15, -0.1) is 40.6 Å². The summed E-state index contributed by atoms with van der Waals surface area (Å²) in [4.78, 5) is 0. The minimum atomic E-state index is -1.17. The van der Waals surface area contributed by atoms with Crippen molar-refractivity contribution in [3.8, 4) is 5.69 Å². The molecule has 7 rings (SSSR count). The molecule has 3 aliphatic rings. The molecule has 1 aromatic heterocycles. The fraction of sp³-hybridized carbons (Fsp3) is 0.192. The summed E-state index contributed by atoms with van der Waals surface area (Å²) >= 11 is 0. The molecule has 0 amide bonds. The van der Waals surface area contributed by atoms with Crippen molar-refractivity contribution in [3.63, 3.8) is 0 Å². The summed E-state index contributed by atoms with van der Waals surface area (Å²) in [7, 11) is -1.17. The summed E-state index contributed by atoms with van der Waals surface area (Å²) < 4.78 is 2.38. The molecule has 0 N–H and O–H groups in total. The van der Waals surface area contributed by atoms with Gasteiger partial charge < -0.3 is 4.57 Å². The zero-order valence-corrected chi connectivity index (χ0v) is 21.0. The number of hydrogen-bond donors (Lipinski definition) is 0. The quantitative estimate of drug-likeness (QED) is 0.208. The minimum absolute atomic E-state index is 0. The monoisotopic (exact) mass is 470 g/mol. The van der Waals surface area contributed by atoms with Gasteiger partial charge in [-0.25, -0.2) is 0 Å². The summed E-state index contributed by atoms with van der Waals surface area (Å²) in [6.45, 7) is 9.47. The van der Waals surface area contributed by atoms with Crippen molar-refractivity contribution in [3.05, 3.63) is 101 Å². The molecule has 4 aromatic rings. The molecule has 0 radical (unpaired) electrons. The molecule has 2 bridgehead atoms. The van der Waals surface area contributed by atoms with E-state index in [9.17, 15) is 0 Å². The molecule has 3 heteroatoms. The first-order valence-electron chi connectivity index (χ1n) is 10.1. The van der Waals surface area contributed by atoms with Gasteiger partial charge in [-0.1, -0.05) is 49.9 Å². The zero-order chi connectivity index (χ0) is 19.5. The second kappa shape index (κ2) is 7.45. The minimum Gasteiger partial charge on any atom is -0.317 e. The van der Waals surface area contributed by atoms with E-state index in [0.29, 0.717) is 0 Å². The van der Waals surface area contributed by atoms with Gasteiger partial charge in [0.15, 0.2) is 0 Å². The molecule has 0 saturated carbocycles. The molecular weight excluding hydrogens is 446 g/mol. The van der Waals surface area contributed by atoms with Gasteiger partial charge in [0, 0.05) is 49.3 Å². The standard InChI is InChI=1S/C16H17NSi.C10H9.Zr/c1-11-15-13-9-10-17(12-7-5-4-6-8-12)14(13)16(11)18(15,2)3;1-8-6-9-4-2-3-5-10(9)7-8;/h4-10,15H,1-3H3;2-7H,1H3;/q;-1;. The number of rotatable bonds is 1. The number of benzene rings is 2. The number of hydrogen-bond acceptors (Lipinski definition) is 0. The molecule has 3 aromatic carbocycles. The maximum Gasteiger partial charge on any atom is 0.0950 e. The summed E-state index contributed by atoms with van der Waals surface area (Å²) in [5.41, 5.74) is 8.16. The zero-order valence-electron chi connectivity index (χ0n) is 17.5. The molecule has 0 spiro atoms. The van der Waals surface area contributed by atoms with E-state index in [4.69, 9.17) is 0 Å². The van der Waals surface area contributed by atoms with Gasteiger partial charge in [0.25, 0.3) is 0 Å². The van der Waals surface area contributed by atoms with Crippen LogP contribution in [-0.2, 0) is 26.2 Å². The van der Waals surface area contributed by atoms with Crippen LogP contribution in [0.25, 0.3) is 21.7 Å². The average molecular weight is 472 g/mol. The largest absolute Gasteiger partial charge is 0.317 e. The van der Waals surface area contributed by atoms with Crippen molar-refractivity contribution in [2.24, 2.45) is 0 Å². The van der Waals surface area contributed by atoms with Crippen LogP contribution >= 0.6 is 0 Å². The molecule has 1 unspecified atom stereocenters. The third-order valence-electron chi connectivity index (χ3n) is 6.46. The number of aromatic nitrogens is 1. The summed E-state index contributed by atoms with van der Waals surface area (Å²) in [6.07, 6.45) is 2.24. The van der Waals surface area contributed by atoms with Gasteiger partial charge in [-0.3, -0.25) is 0 Å². The normalized spacial score (nSPS) is 17.9. The fourth-order valence-corrected chi connectivity index (χ4v) is 9.76. The van der Waals surface area contributed by atoms with E-state index in [2.05, 4.69) is 111 Å². The molecule has 1 nitrogen and oxygen atoms in total. The Kier molecular flexibility index (Phi) is 5.25. The first-order chi connectivity index (χ1) is 13.5. The summed E-state index contributed by atoms with van der Waals surface area (Å²) in [5.74, 6) is 0. The molecular formula is C26H26NSiZr-. The Hall–Kier alpha value is -1.83. The first kappa shape index (κ1) is 20.4. The average Bonchev–Trinajstić information content (AvgIpc) is 3.38. The van der Waals surface area contributed by atoms with E-state index in [1.165, 1.54) is 27.7 Å². The Morgan fingerprint density at radius 1 is 0.897 bits per heavy atom. The molecule has 1 atom stereocenters. The van der Waals surface area contributed by atoms with Crippen molar-refractivity contribution in [2.45, 2.75) is 32.5 Å². The van der Waals surface area contributed by atoms with Gasteiger partial charge in [-0.05, 0) is 35.9 Å². The van der Waals surface area contributed by atoms with Crippen LogP contribution in [0.2, 0.25) is 13.1 Å². The van der Waals surface area contributed by atoms with Gasteiger partial charge in [-0.2, -0.15) is 6.07 Å².